The summed E-state index contributed by atoms with van der Waals surface area (Å²) in [5.41, 5.74) is 3.32. The van der Waals surface area contributed by atoms with Crippen molar-refractivity contribution in [2.75, 3.05) is 41.4 Å². The lowest BCUT2D eigenvalue weighted by atomic mass is 9.95. The summed E-state index contributed by atoms with van der Waals surface area (Å²) in [7, 11) is 6.97. The SMILES string of the molecule is COc1ccc([C@@H]2/C(=C(\O)c3ccc(OCc4ccccc4C)cc3)C(=O)C(=O)N2CCCN(C)C)cc1OC. The van der Waals surface area contributed by atoms with Gasteiger partial charge in [0.25, 0.3) is 11.7 Å². The summed E-state index contributed by atoms with van der Waals surface area (Å²) >= 11 is 0. The zero-order valence-electron chi connectivity index (χ0n) is 23.6. The Bertz CT molecular complexity index is 1400. The minimum atomic E-state index is -0.779. The molecule has 0 radical (unpaired) electrons. The van der Waals surface area contributed by atoms with Crippen molar-refractivity contribution in [3.8, 4) is 17.2 Å². The van der Waals surface area contributed by atoms with Gasteiger partial charge in [0.15, 0.2) is 11.5 Å². The smallest absolute Gasteiger partial charge is 0.295 e. The van der Waals surface area contributed by atoms with Crippen molar-refractivity contribution in [1.29, 1.82) is 0 Å². The van der Waals surface area contributed by atoms with E-state index in [1.807, 2.05) is 50.2 Å². The van der Waals surface area contributed by atoms with Gasteiger partial charge < -0.3 is 29.1 Å². The first-order chi connectivity index (χ1) is 19.2. The number of hydrogen-bond donors (Lipinski definition) is 1. The highest BCUT2D eigenvalue weighted by Gasteiger charge is 2.46. The molecule has 0 spiro atoms. The van der Waals surface area contributed by atoms with E-state index in [0.717, 1.165) is 17.7 Å². The van der Waals surface area contributed by atoms with Crippen LogP contribution in [0.2, 0.25) is 0 Å². The molecule has 1 amide bonds. The number of carbonyl (C=O) groups is 2. The number of ketones is 1. The zero-order chi connectivity index (χ0) is 28.8. The average Bonchev–Trinajstić information content (AvgIpc) is 3.21. The number of aliphatic hydroxyl groups is 1. The van der Waals surface area contributed by atoms with Crippen molar-refractivity contribution < 1.29 is 28.9 Å². The average molecular weight is 545 g/mol. The molecule has 0 aromatic heterocycles. The van der Waals surface area contributed by atoms with Gasteiger partial charge in [-0.3, -0.25) is 9.59 Å². The van der Waals surface area contributed by atoms with Crippen LogP contribution in [0.4, 0.5) is 0 Å². The number of likely N-dealkylation sites (tertiary alicyclic amines) is 1. The first kappa shape index (κ1) is 28.7. The predicted octanol–water partition coefficient (Wildman–Crippen LogP) is 4.96. The Morgan fingerprint density at radius 1 is 0.950 bits per heavy atom. The zero-order valence-corrected chi connectivity index (χ0v) is 23.6. The lowest BCUT2D eigenvalue weighted by Gasteiger charge is -2.26. The molecule has 1 heterocycles. The number of rotatable bonds is 11. The van der Waals surface area contributed by atoms with Crippen molar-refractivity contribution in [2.24, 2.45) is 0 Å². The van der Waals surface area contributed by atoms with Crippen LogP contribution in [0, 0.1) is 6.92 Å². The van der Waals surface area contributed by atoms with Crippen LogP contribution < -0.4 is 14.2 Å². The van der Waals surface area contributed by atoms with E-state index in [1.54, 1.807) is 49.6 Å². The second-order valence-electron chi connectivity index (χ2n) is 10.0. The summed E-state index contributed by atoms with van der Waals surface area (Å²) < 4.78 is 16.8. The van der Waals surface area contributed by atoms with E-state index in [2.05, 4.69) is 0 Å². The van der Waals surface area contributed by atoms with E-state index in [-0.39, 0.29) is 11.3 Å². The standard InChI is InChI=1S/C32H36N2O6/c1-21-9-6-7-10-24(21)20-40-25-14-11-22(12-15-25)30(35)28-29(23-13-16-26(38-4)27(19-23)39-5)34(32(37)31(28)36)18-8-17-33(2)3/h6-7,9-16,19,29,35H,8,17-18,20H2,1-5H3/b30-28+/t29-/m1/s1. The van der Waals surface area contributed by atoms with E-state index >= 15 is 0 Å². The number of aryl methyl sites for hydroxylation is 1. The maximum Gasteiger partial charge on any atom is 0.295 e. The molecule has 3 aromatic carbocycles. The molecule has 1 aliphatic heterocycles. The highest BCUT2D eigenvalue weighted by Crippen LogP contribution is 2.42. The van der Waals surface area contributed by atoms with Gasteiger partial charge in [-0.25, -0.2) is 0 Å². The molecule has 0 aliphatic carbocycles. The molecular formula is C32H36N2O6. The first-order valence-electron chi connectivity index (χ1n) is 13.2. The van der Waals surface area contributed by atoms with Crippen LogP contribution in [0.25, 0.3) is 5.76 Å². The van der Waals surface area contributed by atoms with Gasteiger partial charge in [-0.1, -0.05) is 30.3 Å². The minimum Gasteiger partial charge on any atom is -0.507 e. The van der Waals surface area contributed by atoms with E-state index in [0.29, 0.717) is 47.9 Å². The number of aliphatic hydroxyl groups excluding tert-OH is 1. The first-order valence-corrected chi connectivity index (χ1v) is 13.2. The fourth-order valence-electron chi connectivity index (χ4n) is 4.84. The van der Waals surface area contributed by atoms with Crippen LogP contribution in [0.1, 0.15) is 34.7 Å². The number of carbonyl (C=O) groups excluding carboxylic acids is 2. The van der Waals surface area contributed by atoms with E-state index in [9.17, 15) is 14.7 Å². The highest BCUT2D eigenvalue weighted by atomic mass is 16.5. The van der Waals surface area contributed by atoms with Gasteiger partial charge in [0.1, 0.15) is 18.1 Å². The Labute approximate surface area is 235 Å². The molecule has 0 saturated carbocycles. The molecule has 1 N–H and O–H groups in total. The summed E-state index contributed by atoms with van der Waals surface area (Å²) in [6.45, 7) is 3.54. The normalized spacial score (nSPS) is 16.4. The van der Waals surface area contributed by atoms with Gasteiger partial charge >= 0.3 is 0 Å². The van der Waals surface area contributed by atoms with Gasteiger partial charge in [0.05, 0.1) is 25.8 Å². The fourth-order valence-corrected chi connectivity index (χ4v) is 4.84. The van der Waals surface area contributed by atoms with Crippen LogP contribution in [-0.4, -0.2) is 68.0 Å². The molecule has 40 heavy (non-hydrogen) atoms. The third-order valence-electron chi connectivity index (χ3n) is 7.05. The van der Waals surface area contributed by atoms with Crippen molar-refractivity contribution in [2.45, 2.75) is 26.0 Å². The number of hydrogen-bond acceptors (Lipinski definition) is 7. The lowest BCUT2D eigenvalue weighted by molar-refractivity contribution is -0.139. The minimum absolute atomic E-state index is 0.0376. The summed E-state index contributed by atoms with van der Waals surface area (Å²) in [5.74, 6) is 0.0190. The van der Waals surface area contributed by atoms with Gasteiger partial charge in [0.2, 0.25) is 0 Å². The van der Waals surface area contributed by atoms with E-state index in [1.165, 1.54) is 12.0 Å². The van der Waals surface area contributed by atoms with Crippen molar-refractivity contribution in [1.82, 2.24) is 9.80 Å². The third-order valence-corrected chi connectivity index (χ3v) is 7.05. The topological polar surface area (TPSA) is 88.5 Å². The molecule has 1 aliphatic rings. The van der Waals surface area contributed by atoms with Gasteiger partial charge in [-0.2, -0.15) is 0 Å². The maximum absolute atomic E-state index is 13.3. The largest absolute Gasteiger partial charge is 0.507 e. The molecule has 0 unspecified atom stereocenters. The second kappa shape index (κ2) is 12.7. The second-order valence-corrected chi connectivity index (χ2v) is 10.0. The molecule has 4 rings (SSSR count). The Balaban J connectivity index is 1.68. The van der Waals surface area contributed by atoms with Gasteiger partial charge in [0, 0.05) is 12.1 Å². The van der Waals surface area contributed by atoms with E-state index in [4.69, 9.17) is 14.2 Å². The van der Waals surface area contributed by atoms with E-state index < -0.39 is 17.7 Å². The Morgan fingerprint density at radius 3 is 2.30 bits per heavy atom. The molecule has 8 heteroatoms. The van der Waals surface area contributed by atoms with Crippen molar-refractivity contribution >= 4 is 17.4 Å². The molecular weight excluding hydrogens is 508 g/mol. The monoisotopic (exact) mass is 544 g/mol. The lowest BCUT2D eigenvalue weighted by Crippen LogP contribution is -2.32. The van der Waals surface area contributed by atoms with Crippen LogP contribution in [0.5, 0.6) is 17.2 Å². The van der Waals surface area contributed by atoms with Crippen molar-refractivity contribution in [3.63, 3.8) is 0 Å². The fraction of sp³-hybridized carbons (Fsp3) is 0.312. The Kier molecular flexibility index (Phi) is 9.11. The number of amides is 1. The number of benzene rings is 3. The highest BCUT2D eigenvalue weighted by molar-refractivity contribution is 6.46. The number of methoxy groups -OCH3 is 2. The maximum atomic E-state index is 13.3. The summed E-state index contributed by atoms with van der Waals surface area (Å²) in [4.78, 5) is 30.1. The summed E-state index contributed by atoms with van der Waals surface area (Å²) in [5, 5.41) is 11.4. The molecule has 1 atom stereocenters. The molecule has 1 saturated heterocycles. The van der Waals surface area contributed by atoms with Gasteiger partial charge in [-0.05, 0) is 87.1 Å². The molecule has 1 fully saturated rings. The van der Waals surface area contributed by atoms with Crippen LogP contribution in [0.3, 0.4) is 0 Å². The third kappa shape index (κ3) is 6.13. The van der Waals surface area contributed by atoms with Crippen molar-refractivity contribution in [3.05, 3.63) is 94.6 Å². The van der Waals surface area contributed by atoms with Crippen LogP contribution in [-0.2, 0) is 16.2 Å². The quantitative estimate of drug-likeness (QED) is 0.207. The number of nitrogens with zero attached hydrogens (tertiary/aromatic N) is 2. The predicted molar refractivity (Wildman–Crippen MR) is 154 cm³/mol. The molecule has 8 nitrogen and oxygen atoms in total. The van der Waals surface area contributed by atoms with Crippen LogP contribution in [0.15, 0.2) is 72.3 Å². The molecule has 3 aromatic rings. The Morgan fingerprint density at radius 2 is 1.65 bits per heavy atom. The summed E-state index contributed by atoms with van der Waals surface area (Å²) in [6, 6.07) is 19.3. The number of Topliss-reactive ketones (excluding diaryl/α,β-unsaturated/α-hetero) is 1. The molecule has 210 valence electrons. The summed E-state index contributed by atoms with van der Waals surface area (Å²) in [6.07, 6.45) is 0.663. The van der Waals surface area contributed by atoms with Gasteiger partial charge in [-0.15, -0.1) is 0 Å². The molecule has 0 bridgehead atoms. The Hall–Kier alpha value is -4.30. The number of ether oxygens (including phenoxy) is 3. The van der Waals surface area contributed by atoms with Crippen LogP contribution >= 0.6 is 0 Å².